The molecule has 32 heavy (non-hydrogen) atoms. The van der Waals surface area contributed by atoms with Gasteiger partial charge >= 0.3 is 18.3 Å². The summed E-state index contributed by atoms with van der Waals surface area (Å²) in [4.78, 5) is 19.8. The zero-order valence-electron chi connectivity index (χ0n) is 16.0. The molecule has 2 aliphatic rings. The third-order valence-electron chi connectivity index (χ3n) is 5.21. The molecule has 1 aromatic carbocycles. The lowest BCUT2D eigenvalue weighted by Gasteiger charge is -2.28. The smallest absolute Gasteiger partial charge is 0.475 e. The summed E-state index contributed by atoms with van der Waals surface area (Å²) in [6.07, 6.45) is -8.40. The second-order valence-electron chi connectivity index (χ2n) is 7.34. The predicted octanol–water partition coefficient (Wildman–Crippen LogP) is 3.63. The summed E-state index contributed by atoms with van der Waals surface area (Å²) in [7, 11) is 0. The monoisotopic (exact) mass is 479 g/mol. The maximum atomic E-state index is 13.0. The molecule has 0 saturated carbocycles. The highest BCUT2D eigenvalue weighted by Crippen LogP contribution is 2.42. The van der Waals surface area contributed by atoms with Crippen LogP contribution in [0.3, 0.4) is 0 Å². The van der Waals surface area contributed by atoms with Crippen LogP contribution in [0.5, 0.6) is 0 Å². The Kier molecular flexibility index (Phi) is 5.32. The molecule has 0 spiro atoms. The average Bonchev–Trinajstić information content (AvgIpc) is 3.39. The molecule has 2 aromatic heterocycles. The number of rotatable bonds is 1. The molecular formula is C18H15F6N5O2S. The van der Waals surface area contributed by atoms with Gasteiger partial charge in [-0.2, -0.15) is 31.3 Å². The van der Waals surface area contributed by atoms with Gasteiger partial charge in [0.2, 0.25) is 5.95 Å². The van der Waals surface area contributed by atoms with E-state index >= 15 is 0 Å². The van der Waals surface area contributed by atoms with Gasteiger partial charge in [-0.25, -0.2) is 9.78 Å². The number of halogens is 6. The number of carbonyl (C=O) groups is 1. The number of aliphatic carboxylic acids is 1. The number of hydrogen-bond donors (Lipinski definition) is 3. The van der Waals surface area contributed by atoms with Gasteiger partial charge in [-0.1, -0.05) is 6.07 Å². The second kappa shape index (κ2) is 7.62. The highest BCUT2D eigenvalue weighted by atomic mass is 32.1. The van der Waals surface area contributed by atoms with Crippen LogP contribution in [0, 0.1) is 0 Å². The first-order valence-electron chi connectivity index (χ1n) is 9.21. The lowest BCUT2D eigenvalue weighted by atomic mass is 10.1. The van der Waals surface area contributed by atoms with E-state index in [4.69, 9.17) is 15.6 Å². The lowest BCUT2D eigenvalue weighted by Crippen LogP contribution is -2.44. The normalized spacial score (nSPS) is 20.6. The Morgan fingerprint density at radius 2 is 1.91 bits per heavy atom. The number of fused-ring (bicyclic) bond motifs is 5. The van der Waals surface area contributed by atoms with Gasteiger partial charge in [0, 0.05) is 35.3 Å². The number of nitrogens with zero attached hydrogens (tertiary/aromatic N) is 3. The number of carboxylic acids is 1. The number of aromatic nitrogens is 2. The van der Waals surface area contributed by atoms with E-state index in [1.165, 1.54) is 23.5 Å². The van der Waals surface area contributed by atoms with Crippen molar-refractivity contribution in [2.45, 2.75) is 30.9 Å². The van der Waals surface area contributed by atoms with Crippen LogP contribution in [0.4, 0.5) is 38.1 Å². The highest BCUT2D eigenvalue weighted by molar-refractivity contribution is 7.26. The number of hydrogen-bond acceptors (Lipinski definition) is 7. The summed E-state index contributed by atoms with van der Waals surface area (Å²) in [5.74, 6) is -1.86. The zero-order chi connectivity index (χ0) is 23.4. The van der Waals surface area contributed by atoms with E-state index in [1.54, 1.807) is 0 Å². The molecule has 7 nitrogen and oxygen atoms in total. The quantitative estimate of drug-likeness (QED) is 0.458. The molecule has 2 bridgehead atoms. The van der Waals surface area contributed by atoms with Crippen LogP contribution in [-0.4, -0.2) is 52.4 Å². The van der Waals surface area contributed by atoms with Gasteiger partial charge in [-0.15, -0.1) is 11.3 Å². The number of thiophene rings is 1. The number of nitrogen functional groups attached to an aromatic ring is 1. The van der Waals surface area contributed by atoms with E-state index < -0.39 is 23.9 Å². The van der Waals surface area contributed by atoms with Crippen LogP contribution in [0.25, 0.3) is 20.3 Å². The van der Waals surface area contributed by atoms with E-state index in [2.05, 4.69) is 20.2 Å². The molecule has 2 saturated heterocycles. The van der Waals surface area contributed by atoms with Crippen LogP contribution in [0.15, 0.2) is 18.2 Å². The summed E-state index contributed by atoms with van der Waals surface area (Å²) in [5.41, 5.74) is 5.88. The summed E-state index contributed by atoms with van der Waals surface area (Å²) < 4.78 is 72.1. The van der Waals surface area contributed by atoms with Crippen molar-refractivity contribution in [1.82, 2.24) is 15.3 Å². The zero-order valence-corrected chi connectivity index (χ0v) is 16.8. The van der Waals surface area contributed by atoms with Crippen molar-refractivity contribution >= 4 is 49.4 Å². The number of nitrogens with one attached hydrogen (secondary N) is 1. The van der Waals surface area contributed by atoms with Gasteiger partial charge in [0.1, 0.15) is 0 Å². The van der Waals surface area contributed by atoms with Crippen molar-refractivity contribution in [3.05, 3.63) is 23.8 Å². The fraction of sp³-hybridized carbons (Fsp3) is 0.389. The molecule has 3 aromatic rings. The predicted molar refractivity (Wildman–Crippen MR) is 106 cm³/mol. The molecule has 14 heteroatoms. The Hall–Kier alpha value is -2.87. The van der Waals surface area contributed by atoms with Gasteiger partial charge in [-0.3, -0.25) is 0 Å². The van der Waals surface area contributed by atoms with E-state index in [0.29, 0.717) is 27.7 Å². The van der Waals surface area contributed by atoms with Gasteiger partial charge in [0.05, 0.1) is 15.8 Å². The fourth-order valence-corrected chi connectivity index (χ4v) is 5.02. The Morgan fingerprint density at radius 1 is 1.22 bits per heavy atom. The molecule has 4 heterocycles. The number of piperazine rings is 1. The van der Waals surface area contributed by atoms with Crippen molar-refractivity contribution < 1.29 is 36.2 Å². The number of anilines is 2. The average molecular weight is 479 g/mol. The largest absolute Gasteiger partial charge is 0.490 e. The third-order valence-corrected chi connectivity index (χ3v) is 6.35. The number of alkyl halides is 6. The van der Waals surface area contributed by atoms with Crippen LogP contribution in [0.1, 0.15) is 12.0 Å². The Bertz CT molecular complexity index is 1190. The molecular weight excluding hydrogens is 464 g/mol. The third kappa shape index (κ3) is 4.11. The van der Waals surface area contributed by atoms with Crippen molar-refractivity contribution in [2.75, 3.05) is 23.7 Å². The molecule has 2 fully saturated rings. The first kappa shape index (κ1) is 22.3. The number of carboxylic acid groups (broad SMARTS) is 1. The molecule has 0 radical (unpaired) electrons. The minimum Gasteiger partial charge on any atom is -0.475 e. The van der Waals surface area contributed by atoms with Gasteiger partial charge in [-0.05, 0) is 18.6 Å². The first-order chi connectivity index (χ1) is 14.8. The maximum Gasteiger partial charge on any atom is 0.490 e. The molecule has 2 aliphatic heterocycles. The molecule has 5 rings (SSSR count). The van der Waals surface area contributed by atoms with E-state index in [9.17, 15) is 26.3 Å². The number of nitrogens with two attached hydrogens (primary N) is 1. The molecule has 0 amide bonds. The van der Waals surface area contributed by atoms with Crippen molar-refractivity contribution in [2.24, 2.45) is 0 Å². The molecule has 0 aliphatic carbocycles. The van der Waals surface area contributed by atoms with Crippen molar-refractivity contribution in [1.29, 1.82) is 0 Å². The minimum atomic E-state index is -5.08. The SMILES string of the molecule is Nc1nc(N2C[C@@H]3C[C@H]2CN3)c2sc3cc(C(F)(F)F)ccc3c2n1.O=C(O)C(F)(F)F. The molecule has 172 valence electrons. The molecule has 0 unspecified atom stereocenters. The van der Waals surface area contributed by atoms with Gasteiger partial charge < -0.3 is 21.1 Å². The summed E-state index contributed by atoms with van der Waals surface area (Å²) >= 11 is 1.30. The summed E-state index contributed by atoms with van der Waals surface area (Å²) in [5, 5.41) is 11.2. The first-order valence-corrected chi connectivity index (χ1v) is 10.0. The van der Waals surface area contributed by atoms with Gasteiger partial charge in [0.15, 0.2) is 5.82 Å². The standard InChI is InChI=1S/C16H14F3N5S.C2HF3O2/c17-16(18,19)7-1-2-10-11(3-7)25-13-12(10)22-15(20)23-14(13)24-6-8-4-9(24)5-21-8;3-2(4,5)1(6)7/h1-3,8-9,21H,4-6H2,(H2,20,22,23);(H,6,7)/t8-,9-;/m0./s1. The van der Waals surface area contributed by atoms with E-state index in [1.807, 2.05) is 0 Å². The highest BCUT2D eigenvalue weighted by Gasteiger charge is 2.40. The van der Waals surface area contributed by atoms with Crippen LogP contribution in [-0.2, 0) is 11.0 Å². The van der Waals surface area contributed by atoms with Crippen LogP contribution < -0.4 is 16.0 Å². The molecule has 4 N–H and O–H groups in total. The van der Waals surface area contributed by atoms with Crippen LogP contribution >= 0.6 is 11.3 Å². The maximum absolute atomic E-state index is 13.0. The number of benzene rings is 1. The minimum absolute atomic E-state index is 0.151. The van der Waals surface area contributed by atoms with Crippen LogP contribution in [0.2, 0.25) is 0 Å². The fourth-order valence-electron chi connectivity index (χ4n) is 3.84. The lowest BCUT2D eigenvalue weighted by molar-refractivity contribution is -0.192. The Balaban J connectivity index is 0.000000307. The van der Waals surface area contributed by atoms with E-state index in [0.717, 1.165) is 36.1 Å². The Morgan fingerprint density at radius 3 is 2.44 bits per heavy atom. The Labute approximate surface area is 179 Å². The summed E-state index contributed by atoms with van der Waals surface area (Å²) in [6.45, 7) is 1.72. The second-order valence-corrected chi connectivity index (χ2v) is 8.40. The van der Waals surface area contributed by atoms with Gasteiger partial charge in [0.25, 0.3) is 0 Å². The summed E-state index contributed by atoms with van der Waals surface area (Å²) in [6, 6.07) is 4.53. The topological polar surface area (TPSA) is 104 Å². The van der Waals surface area contributed by atoms with Crippen molar-refractivity contribution in [3.8, 4) is 0 Å². The molecule has 2 atom stereocenters. The van der Waals surface area contributed by atoms with E-state index in [-0.39, 0.29) is 5.95 Å². The van der Waals surface area contributed by atoms with Crippen molar-refractivity contribution in [3.63, 3.8) is 0 Å².